The molecule has 1 aromatic carbocycles. The highest BCUT2D eigenvalue weighted by molar-refractivity contribution is 7.15. The van der Waals surface area contributed by atoms with Crippen molar-refractivity contribution in [3.05, 3.63) is 35.2 Å². The number of anilines is 1. The zero-order valence-corrected chi connectivity index (χ0v) is 12.1. The van der Waals surface area contributed by atoms with Gasteiger partial charge in [-0.2, -0.15) is 0 Å². The predicted octanol–water partition coefficient (Wildman–Crippen LogP) is 3.69. The van der Waals surface area contributed by atoms with Gasteiger partial charge in [-0.3, -0.25) is 0 Å². The van der Waals surface area contributed by atoms with Crippen molar-refractivity contribution in [2.24, 2.45) is 0 Å². The third kappa shape index (κ3) is 1.95. The largest absolute Gasteiger partial charge is 0.454 e. The number of nitrogens with two attached hydrogens (primary N) is 1. The van der Waals surface area contributed by atoms with Crippen LogP contribution in [0, 0.1) is 6.92 Å². The maximum atomic E-state index is 5.99. The number of aryl methyl sites for hydroxylation is 1. The zero-order valence-electron chi connectivity index (χ0n) is 11.3. The fraction of sp³-hybridized carbons (Fsp3) is 0.133. The first kappa shape index (κ1) is 12.3. The summed E-state index contributed by atoms with van der Waals surface area (Å²) in [6.07, 6.45) is 0. The van der Waals surface area contributed by atoms with Crippen LogP contribution in [-0.4, -0.2) is 11.9 Å². The molecule has 3 heterocycles. The van der Waals surface area contributed by atoms with E-state index in [-0.39, 0.29) is 6.79 Å². The van der Waals surface area contributed by atoms with Crippen LogP contribution in [0.2, 0.25) is 0 Å². The standard InChI is InChI=1S/C15H12N2O3S/c1-8-2-5-12(21-8)14-13(15(16)17-20-14)9-3-4-10-11(6-9)19-7-18-10/h2-6H,7H2,1H3,(H2,16,17). The summed E-state index contributed by atoms with van der Waals surface area (Å²) in [5.74, 6) is 2.50. The minimum Gasteiger partial charge on any atom is -0.454 e. The molecular weight excluding hydrogens is 288 g/mol. The molecule has 4 rings (SSSR count). The average Bonchev–Trinajstić information content (AvgIpc) is 3.17. The lowest BCUT2D eigenvalue weighted by Gasteiger charge is -2.03. The third-order valence-corrected chi connectivity index (χ3v) is 4.34. The predicted molar refractivity (Wildman–Crippen MR) is 80.5 cm³/mol. The van der Waals surface area contributed by atoms with E-state index in [0.29, 0.717) is 17.3 Å². The Kier molecular flexibility index (Phi) is 2.65. The molecule has 1 aliphatic heterocycles. The lowest BCUT2D eigenvalue weighted by Crippen LogP contribution is -1.92. The molecule has 2 N–H and O–H groups in total. The molecule has 0 saturated heterocycles. The van der Waals surface area contributed by atoms with Gasteiger partial charge in [0.1, 0.15) is 0 Å². The highest BCUT2D eigenvalue weighted by Crippen LogP contribution is 2.42. The molecule has 0 spiro atoms. The monoisotopic (exact) mass is 300 g/mol. The van der Waals surface area contributed by atoms with Gasteiger partial charge in [0.25, 0.3) is 0 Å². The molecule has 0 radical (unpaired) electrons. The van der Waals surface area contributed by atoms with Gasteiger partial charge in [0, 0.05) is 4.88 Å². The Balaban J connectivity index is 1.87. The number of ether oxygens (including phenoxy) is 2. The molecule has 0 atom stereocenters. The van der Waals surface area contributed by atoms with E-state index in [0.717, 1.165) is 21.8 Å². The molecular formula is C15H12N2O3S. The number of hydrogen-bond donors (Lipinski definition) is 1. The fourth-order valence-corrected chi connectivity index (χ4v) is 3.21. The van der Waals surface area contributed by atoms with E-state index >= 15 is 0 Å². The summed E-state index contributed by atoms with van der Waals surface area (Å²) in [4.78, 5) is 2.21. The molecule has 0 amide bonds. The van der Waals surface area contributed by atoms with Gasteiger partial charge in [0.15, 0.2) is 23.1 Å². The normalized spacial score (nSPS) is 12.8. The lowest BCUT2D eigenvalue weighted by atomic mass is 10.0. The Morgan fingerprint density at radius 1 is 1.14 bits per heavy atom. The summed E-state index contributed by atoms with van der Waals surface area (Å²) in [6.45, 7) is 2.29. The molecule has 1 aliphatic rings. The first-order valence-electron chi connectivity index (χ1n) is 6.44. The molecule has 0 unspecified atom stereocenters. The second kappa shape index (κ2) is 4.53. The second-order valence-electron chi connectivity index (χ2n) is 4.75. The molecule has 2 aromatic heterocycles. The van der Waals surface area contributed by atoms with Gasteiger partial charge in [-0.05, 0) is 36.8 Å². The summed E-state index contributed by atoms with van der Waals surface area (Å²) < 4.78 is 16.2. The highest BCUT2D eigenvalue weighted by Gasteiger charge is 2.21. The maximum Gasteiger partial charge on any atom is 0.231 e. The first-order chi connectivity index (χ1) is 10.2. The van der Waals surface area contributed by atoms with Crippen LogP contribution < -0.4 is 15.2 Å². The summed E-state index contributed by atoms with van der Waals surface area (Å²) in [7, 11) is 0. The van der Waals surface area contributed by atoms with Crippen LogP contribution in [0.1, 0.15) is 4.88 Å². The van der Waals surface area contributed by atoms with Crippen molar-refractivity contribution in [2.75, 3.05) is 12.5 Å². The molecule has 21 heavy (non-hydrogen) atoms. The van der Waals surface area contributed by atoms with Crippen LogP contribution in [0.5, 0.6) is 11.5 Å². The van der Waals surface area contributed by atoms with Crippen molar-refractivity contribution in [1.29, 1.82) is 0 Å². The molecule has 106 valence electrons. The van der Waals surface area contributed by atoms with Crippen LogP contribution in [0.25, 0.3) is 21.8 Å². The van der Waals surface area contributed by atoms with Crippen molar-refractivity contribution >= 4 is 17.2 Å². The maximum absolute atomic E-state index is 5.99. The van der Waals surface area contributed by atoms with Gasteiger partial charge >= 0.3 is 0 Å². The van der Waals surface area contributed by atoms with Gasteiger partial charge in [-0.25, -0.2) is 0 Å². The molecule has 0 fully saturated rings. The van der Waals surface area contributed by atoms with Crippen LogP contribution in [-0.2, 0) is 0 Å². The summed E-state index contributed by atoms with van der Waals surface area (Å²) in [6, 6.07) is 9.75. The van der Waals surface area contributed by atoms with E-state index in [1.165, 1.54) is 4.88 Å². The second-order valence-corrected chi connectivity index (χ2v) is 6.04. The minimum atomic E-state index is 0.245. The van der Waals surface area contributed by atoms with Gasteiger partial charge in [0.2, 0.25) is 6.79 Å². The van der Waals surface area contributed by atoms with E-state index in [4.69, 9.17) is 19.7 Å². The van der Waals surface area contributed by atoms with E-state index in [1.54, 1.807) is 11.3 Å². The van der Waals surface area contributed by atoms with Gasteiger partial charge in [-0.1, -0.05) is 11.2 Å². The SMILES string of the molecule is Cc1ccc(-c2onc(N)c2-c2ccc3c(c2)OCO3)s1. The number of hydrogen-bond acceptors (Lipinski definition) is 6. The van der Waals surface area contributed by atoms with E-state index in [9.17, 15) is 0 Å². The summed E-state index contributed by atoms with van der Waals surface area (Å²) in [5.41, 5.74) is 7.68. The summed E-state index contributed by atoms with van der Waals surface area (Å²) >= 11 is 1.64. The fourth-order valence-electron chi connectivity index (χ4n) is 2.36. The van der Waals surface area contributed by atoms with Crippen molar-refractivity contribution in [1.82, 2.24) is 5.16 Å². The highest BCUT2D eigenvalue weighted by atomic mass is 32.1. The van der Waals surface area contributed by atoms with Crippen molar-refractivity contribution < 1.29 is 14.0 Å². The molecule has 0 saturated carbocycles. The number of nitrogens with zero attached hydrogens (tertiary/aromatic N) is 1. The van der Waals surface area contributed by atoms with Crippen LogP contribution in [0.3, 0.4) is 0 Å². The lowest BCUT2D eigenvalue weighted by molar-refractivity contribution is 0.174. The number of aromatic nitrogens is 1. The Morgan fingerprint density at radius 2 is 2.00 bits per heavy atom. The number of nitrogen functional groups attached to an aromatic ring is 1. The van der Waals surface area contributed by atoms with Crippen molar-refractivity contribution in [2.45, 2.75) is 6.92 Å². The van der Waals surface area contributed by atoms with Gasteiger partial charge in [0.05, 0.1) is 10.4 Å². The van der Waals surface area contributed by atoms with Crippen molar-refractivity contribution in [3.63, 3.8) is 0 Å². The molecule has 5 nitrogen and oxygen atoms in total. The molecule has 0 bridgehead atoms. The molecule has 0 aliphatic carbocycles. The number of fused-ring (bicyclic) bond motifs is 1. The van der Waals surface area contributed by atoms with Gasteiger partial charge in [-0.15, -0.1) is 11.3 Å². The Labute approximate surface area is 124 Å². The van der Waals surface area contributed by atoms with Crippen LogP contribution in [0.4, 0.5) is 5.82 Å². The van der Waals surface area contributed by atoms with E-state index < -0.39 is 0 Å². The Morgan fingerprint density at radius 3 is 2.81 bits per heavy atom. The minimum absolute atomic E-state index is 0.245. The molecule has 3 aromatic rings. The van der Waals surface area contributed by atoms with Crippen LogP contribution in [0.15, 0.2) is 34.9 Å². The summed E-state index contributed by atoms with van der Waals surface area (Å²) in [5, 5.41) is 3.91. The third-order valence-electron chi connectivity index (χ3n) is 3.34. The smallest absolute Gasteiger partial charge is 0.231 e. The zero-order chi connectivity index (χ0) is 14.4. The Bertz CT molecular complexity index is 822. The average molecular weight is 300 g/mol. The number of benzene rings is 1. The quantitative estimate of drug-likeness (QED) is 0.781. The van der Waals surface area contributed by atoms with E-state index in [1.807, 2.05) is 37.3 Å². The van der Waals surface area contributed by atoms with Crippen LogP contribution >= 0.6 is 11.3 Å². The van der Waals surface area contributed by atoms with Crippen molar-refractivity contribution in [3.8, 4) is 33.3 Å². The number of rotatable bonds is 2. The van der Waals surface area contributed by atoms with E-state index in [2.05, 4.69) is 5.16 Å². The van der Waals surface area contributed by atoms with Gasteiger partial charge < -0.3 is 19.7 Å². The topological polar surface area (TPSA) is 70.5 Å². The Hall–Kier alpha value is -2.47. The first-order valence-corrected chi connectivity index (χ1v) is 7.26. The molecule has 6 heteroatoms. The number of thiophene rings is 1.